The number of esters is 2. The van der Waals surface area contributed by atoms with Gasteiger partial charge in [-0.3, -0.25) is 9.59 Å². The lowest BCUT2D eigenvalue weighted by atomic mass is 10.1. The van der Waals surface area contributed by atoms with Gasteiger partial charge >= 0.3 is 11.9 Å². The van der Waals surface area contributed by atoms with Crippen LogP contribution in [0.2, 0.25) is 0 Å². The van der Waals surface area contributed by atoms with Gasteiger partial charge in [-0.15, -0.1) is 0 Å². The summed E-state index contributed by atoms with van der Waals surface area (Å²) in [7, 11) is 5.30. The van der Waals surface area contributed by atoms with Gasteiger partial charge in [-0.05, 0) is 12.8 Å². The van der Waals surface area contributed by atoms with Crippen molar-refractivity contribution in [3.05, 3.63) is 0 Å². The topological polar surface area (TPSA) is 111 Å². The van der Waals surface area contributed by atoms with Crippen molar-refractivity contribution >= 4 is 45.3 Å². The molecule has 0 bridgehead atoms. The summed E-state index contributed by atoms with van der Waals surface area (Å²) in [5.74, 6) is -0.725. The number of carbonyl (C=O) groups excluding carboxylic acids is 4. The van der Waals surface area contributed by atoms with Gasteiger partial charge in [-0.2, -0.15) is 0 Å². The standard InChI is InChI=1S/C32H60N2O6S2/c1-5-7-9-11-13-15-17-19-21-23-29(35)33-27(31(37)39-3)25-41-42-26-28(32(38)40-4)34-30(36)24-22-20-18-16-14-12-10-8-6-2/h27-28H,5-26H2,1-4H3,(H,33,35)(H,34,36)/t27-,28-/m0/s1. The van der Waals surface area contributed by atoms with Crippen LogP contribution in [0.25, 0.3) is 0 Å². The zero-order valence-electron chi connectivity index (χ0n) is 27.0. The highest BCUT2D eigenvalue weighted by Gasteiger charge is 2.24. The Kier molecular flexibility index (Phi) is 28.6. The minimum absolute atomic E-state index is 0.157. The Labute approximate surface area is 264 Å². The van der Waals surface area contributed by atoms with E-state index in [2.05, 4.69) is 24.5 Å². The van der Waals surface area contributed by atoms with E-state index < -0.39 is 24.0 Å². The first-order valence-electron chi connectivity index (χ1n) is 16.4. The molecule has 0 aliphatic heterocycles. The molecule has 0 rings (SSSR count). The number of unbranched alkanes of at least 4 members (excludes halogenated alkanes) is 16. The summed E-state index contributed by atoms with van der Waals surface area (Å²) in [6.45, 7) is 4.44. The number of ether oxygens (including phenoxy) is 2. The summed E-state index contributed by atoms with van der Waals surface area (Å²) >= 11 is 0. The average Bonchev–Trinajstić information content (AvgIpc) is 2.99. The minimum Gasteiger partial charge on any atom is -0.467 e. The van der Waals surface area contributed by atoms with Gasteiger partial charge in [0.25, 0.3) is 0 Å². The molecule has 0 aliphatic rings. The second-order valence-electron chi connectivity index (χ2n) is 11.0. The predicted octanol–water partition coefficient (Wildman–Crippen LogP) is 7.53. The van der Waals surface area contributed by atoms with Crippen LogP contribution in [0.1, 0.15) is 142 Å². The Morgan fingerprint density at radius 2 is 0.786 bits per heavy atom. The predicted molar refractivity (Wildman–Crippen MR) is 176 cm³/mol. The Morgan fingerprint density at radius 3 is 1.07 bits per heavy atom. The summed E-state index contributed by atoms with van der Waals surface area (Å²) in [5, 5.41) is 5.58. The molecule has 0 spiro atoms. The van der Waals surface area contributed by atoms with Crippen molar-refractivity contribution in [2.24, 2.45) is 0 Å². The van der Waals surface area contributed by atoms with Crippen LogP contribution in [-0.4, -0.2) is 61.6 Å². The van der Waals surface area contributed by atoms with Crippen molar-refractivity contribution in [1.82, 2.24) is 10.6 Å². The molecular weight excluding hydrogens is 572 g/mol. The van der Waals surface area contributed by atoms with Crippen LogP contribution in [0, 0.1) is 0 Å². The molecule has 0 saturated carbocycles. The molecule has 0 aromatic rings. The lowest BCUT2D eigenvalue weighted by Crippen LogP contribution is -2.44. The van der Waals surface area contributed by atoms with Crippen molar-refractivity contribution < 1.29 is 28.7 Å². The van der Waals surface area contributed by atoms with E-state index in [4.69, 9.17) is 9.47 Å². The molecule has 8 nitrogen and oxygen atoms in total. The van der Waals surface area contributed by atoms with Crippen LogP contribution in [0.3, 0.4) is 0 Å². The first kappa shape index (κ1) is 40.6. The Hall–Kier alpha value is -1.42. The maximum absolute atomic E-state index is 12.4. The Balaban J connectivity index is 4.29. The molecule has 0 aromatic heterocycles. The smallest absolute Gasteiger partial charge is 0.329 e. The molecule has 0 radical (unpaired) electrons. The summed E-state index contributed by atoms with van der Waals surface area (Å²) in [6.07, 6.45) is 21.9. The van der Waals surface area contributed by atoms with Crippen LogP contribution in [-0.2, 0) is 28.7 Å². The van der Waals surface area contributed by atoms with Gasteiger partial charge in [0, 0.05) is 24.3 Å². The van der Waals surface area contributed by atoms with Crippen LogP contribution in [0.5, 0.6) is 0 Å². The second-order valence-corrected chi connectivity index (χ2v) is 13.6. The number of rotatable bonds is 29. The number of nitrogens with one attached hydrogen (secondary N) is 2. The minimum atomic E-state index is -0.767. The zero-order valence-corrected chi connectivity index (χ0v) is 28.6. The number of amides is 2. The SMILES string of the molecule is CCCCCCCCCCCC(=O)N[C@@H](CSSC[C@H](NC(=O)CCCCCCCCCCC)C(=O)OC)C(=O)OC. The van der Waals surface area contributed by atoms with Crippen LogP contribution in [0.15, 0.2) is 0 Å². The van der Waals surface area contributed by atoms with E-state index in [1.54, 1.807) is 0 Å². The molecule has 0 aliphatic carbocycles. The molecule has 10 heteroatoms. The molecule has 0 unspecified atom stereocenters. The van der Waals surface area contributed by atoms with Crippen LogP contribution >= 0.6 is 21.6 Å². The fourth-order valence-corrected chi connectivity index (χ4v) is 6.88. The normalized spacial score (nSPS) is 12.4. The highest BCUT2D eigenvalue weighted by molar-refractivity contribution is 8.76. The van der Waals surface area contributed by atoms with Gasteiger partial charge in [-0.1, -0.05) is 138 Å². The molecular formula is C32H60N2O6S2. The van der Waals surface area contributed by atoms with Gasteiger partial charge in [0.1, 0.15) is 12.1 Å². The van der Waals surface area contributed by atoms with E-state index in [1.165, 1.54) is 113 Å². The van der Waals surface area contributed by atoms with Gasteiger partial charge in [-0.25, -0.2) is 9.59 Å². The number of carbonyl (C=O) groups is 4. The van der Waals surface area contributed by atoms with E-state index in [1.807, 2.05) is 0 Å². The molecule has 2 N–H and O–H groups in total. The second kappa shape index (κ2) is 29.6. The molecule has 0 fully saturated rings. The average molecular weight is 633 g/mol. The summed E-state index contributed by atoms with van der Waals surface area (Å²) in [5.41, 5.74) is 0. The molecule has 0 saturated heterocycles. The summed E-state index contributed by atoms with van der Waals surface area (Å²) < 4.78 is 9.75. The lowest BCUT2D eigenvalue weighted by molar-refractivity contribution is -0.144. The monoisotopic (exact) mass is 632 g/mol. The third kappa shape index (κ3) is 24.1. The summed E-state index contributed by atoms with van der Waals surface area (Å²) in [4.78, 5) is 49.3. The first-order valence-corrected chi connectivity index (χ1v) is 18.9. The third-order valence-corrected chi connectivity index (χ3v) is 9.63. The van der Waals surface area contributed by atoms with Crippen molar-refractivity contribution in [3.8, 4) is 0 Å². The molecule has 0 heterocycles. The number of hydrogen-bond acceptors (Lipinski definition) is 8. The van der Waals surface area contributed by atoms with Crippen molar-refractivity contribution in [2.75, 3.05) is 25.7 Å². The van der Waals surface area contributed by atoms with Crippen LogP contribution < -0.4 is 10.6 Å². The van der Waals surface area contributed by atoms with Crippen molar-refractivity contribution in [1.29, 1.82) is 0 Å². The van der Waals surface area contributed by atoms with E-state index in [-0.39, 0.29) is 11.8 Å². The van der Waals surface area contributed by atoms with E-state index in [9.17, 15) is 19.2 Å². The number of methoxy groups -OCH3 is 2. The Bertz CT molecular complexity index is 652. The van der Waals surface area contributed by atoms with Gasteiger partial charge in [0.15, 0.2) is 0 Å². The fourth-order valence-electron chi connectivity index (χ4n) is 4.58. The highest BCUT2D eigenvalue weighted by atomic mass is 33.1. The van der Waals surface area contributed by atoms with E-state index in [0.29, 0.717) is 24.3 Å². The van der Waals surface area contributed by atoms with Gasteiger partial charge in [0.05, 0.1) is 14.2 Å². The molecule has 2 amide bonds. The molecule has 2 atom stereocenters. The zero-order chi connectivity index (χ0) is 31.3. The highest BCUT2D eigenvalue weighted by Crippen LogP contribution is 2.24. The maximum atomic E-state index is 12.4. The lowest BCUT2D eigenvalue weighted by Gasteiger charge is -2.18. The first-order chi connectivity index (χ1) is 20.4. The van der Waals surface area contributed by atoms with E-state index in [0.717, 1.165) is 38.5 Å². The molecule has 246 valence electrons. The van der Waals surface area contributed by atoms with Crippen molar-refractivity contribution in [2.45, 2.75) is 154 Å². The van der Waals surface area contributed by atoms with E-state index >= 15 is 0 Å². The third-order valence-electron chi connectivity index (χ3n) is 7.21. The maximum Gasteiger partial charge on any atom is 0.329 e. The van der Waals surface area contributed by atoms with Gasteiger partial charge in [0.2, 0.25) is 11.8 Å². The quantitative estimate of drug-likeness (QED) is 0.0495. The Morgan fingerprint density at radius 1 is 0.500 bits per heavy atom. The molecule has 42 heavy (non-hydrogen) atoms. The van der Waals surface area contributed by atoms with Crippen LogP contribution in [0.4, 0.5) is 0 Å². The molecule has 0 aromatic carbocycles. The summed E-state index contributed by atoms with van der Waals surface area (Å²) in [6, 6.07) is -1.53. The number of hydrogen-bond donors (Lipinski definition) is 2. The largest absolute Gasteiger partial charge is 0.467 e. The van der Waals surface area contributed by atoms with Crippen molar-refractivity contribution in [3.63, 3.8) is 0 Å². The fraction of sp³-hybridized carbons (Fsp3) is 0.875. The van der Waals surface area contributed by atoms with Gasteiger partial charge < -0.3 is 20.1 Å².